The third kappa shape index (κ3) is 3.15. The van der Waals surface area contributed by atoms with Crippen LogP contribution in [0.4, 0.5) is 0 Å². The van der Waals surface area contributed by atoms with Gasteiger partial charge in [-0.15, -0.1) is 5.10 Å². The fourth-order valence-electron chi connectivity index (χ4n) is 2.68. The summed E-state index contributed by atoms with van der Waals surface area (Å²) >= 11 is 3.40. The van der Waals surface area contributed by atoms with E-state index in [0.29, 0.717) is 29.4 Å². The van der Waals surface area contributed by atoms with Crippen molar-refractivity contribution in [2.24, 2.45) is 0 Å². The Morgan fingerprint density at radius 1 is 1.19 bits per heavy atom. The van der Waals surface area contributed by atoms with Gasteiger partial charge in [-0.1, -0.05) is 27.2 Å². The SMILES string of the molecule is Cc1c(C(=O)NCc2ccc3c(c2)OCO3)nnn1-c1ccc(Br)cc1. The number of ether oxygens (including phenoxy) is 2. The van der Waals surface area contributed by atoms with E-state index in [4.69, 9.17) is 9.47 Å². The smallest absolute Gasteiger partial charge is 0.274 e. The molecule has 0 radical (unpaired) electrons. The van der Waals surface area contributed by atoms with Crippen LogP contribution in [0.5, 0.6) is 11.5 Å². The molecule has 0 saturated carbocycles. The summed E-state index contributed by atoms with van der Waals surface area (Å²) in [5.74, 6) is 1.13. The van der Waals surface area contributed by atoms with Crippen molar-refractivity contribution in [3.8, 4) is 17.2 Å². The van der Waals surface area contributed by atoms with Gasteiger partial charge in [-0.2, -0.15) is 0 Å². The second kappa shape index (κ2) is 6.80. The molecule has 1 amide bonds. The van der Waals surface area contributed by atoms with Crippen LogP contribution >= 0.6 is 15.9 Å². The maximum Gasteiger partial charge on any atom is 0.274 e. The Labute approximate surface area is 158 Å². The number of hydrogen-bond acceptors (Lipinski definition) is 5. The van der Waals surface area contributed by atoms with Crippen molar-refractivity contribution in [3.05, 3.63) is 63.9 Å². The zero-order valence-corrected chi connectivity index (χ0v) is 15.5. The number of aromatic nitrogens is 3. The van der Waals surface area contributed by atoms with Crippen LogP contribution in [-0.4, -0.2) is 27.7 Å². The lowest BCUT2D eigenvalue weighted by Gasteiger charge is -2.06. The number of benzene rings is 2. The first-order valence-corrected chi connectivity index (χ1v) is 8.76. The first-order valence-electron chi connectivity index (χ1n) is 7.97. The van der Waals surface area contributed by atoms with Gasteiger partial charge in [-0.3, -0.25) is 4.79 Å². The minimum Gasteiger partial charge on any atom is -0.454 e. The van der Waals surface area contributed by atoms with Gasteiger partial charge in [0.1, 0.15) is 0 Å². The summed E-state index contributed by atoms with van der Waals surface area (Å²) < 4.78 is 13.2. The highest BCUT2D eigenvalue weighted by Gasteiger charge is 2.18. The number of amides is 1. The van der Waals surface area contributed by atoms with E-state index in [2.05, 4.69) is 31.6 Å². The average Bonchev–Trinajstić information content (AvgIpc) is 3.26. The monoisotopic (exact) mass is 414 g/mol. The van der Waals surface area contributed by atoms with Crippen molar-refractivity contribution in [1.29, 1.82) is 0 Å². The zero-order valence-electron chi connectivity index (χ0n) is 13.9. The van der Waals surface area contributed by atoms with E-state index < -0.39 is 0 Å². The van der Waals surface area contributed by atoms with Gasteiger partial charge in [0.2, 0.25) is 6.79 Å². The van der Waals surface area contributed by atoms with Crippen LogP contribution in [0.3, 0.4) is 0 Å². The number of rotatable bonds is 4. The van der Waals surface area contributed by atoms with E-state index in [1.165, 1.54) is 0 Å². The molecule has 1 aliphatic rings. The lowest BCUT2D eigenvalue weighted by Crippen LogP contribution is -2.24. The maximum absolute atomic E-state index is 12.5. The van der Waals surface area contributed by atoms with E-state index in [-0.39, 0.29) is 12.7 Å². The summed E-state index contributed by atoms with van der Waals surface area (Å²) in [5.41, 5.74) is 2.73. The third-order valence-corrected chi connectivity index (χ3v) is 4.60. The summed E-state index contributed by atoms with van der Waals surface area (Å²) in [6.07, 6.45) is 0. The maximum atomic E-state index is 12.5. The molecule has 1 aliphatic heterocycles. The Bertz CT molecular complexity index is 969. The van der Waals surface area contributed by atoms with Crippen molar-refractivity contribution in [3.63, 3.8) is 0 Å². The molecule has 0 spiro atoms. The number of carbonyl (C=O) groups is 1. The summed E-state index contributed by atoms with van der Waals surface area (Å²) in [6.45, 7) is 2.40. The lowest BCUT2D eigenvalue weighted by atomic mass is 10.2. The van der Waals surface area contributed by atoms with E-state index in [0.717, 1.165) is 15.7 Å². The van der Waals surface area contributed by atoms with Crippen LogP contribution in [0.15, 0.2) is 46.9 Å². The molecule has 132 valence electrons. The van der Waals surface area contributed by atoms with Gasteiger partial charge in [-0.05, 0) is 48.9 Å². The van der Waals surface area contributed by atoms with E-state index >= 15 is 0 Å². The largest absolute Gasteiger partial charge is 0.454 e. The topological polar surface area (TPSA) is 78.3 Å². The highest BCUT2D eigenvalue weighted by atomic mass is 79.9. The molecule has 2 aromatic carbocycles. The minimum absolute atomic E-state index is 0.226. The van der Waals surface area contributed by atoms with Gasteiger partial charge in [0.05, 0.1) is 11.4 Å². The van der Waals surface area contributed by atoms with Crippen LogP contribution in [0.1, 0.15) is 21.7 Å². The Hall–Kier alpha value is -2.87. The van der Waals surface area contributed by atoms with Crippen LogP contribution in [0.25, 0.3) is 5.69 Å². The van der Waals surface area contributed by atoms with Crippen LogP contribution < -0.4 is 14.8 Å². The summed E-state index contributed by atoms with van der Waals surface area (Å²) in [6, 6.07) is 13.2. The first-order chi connectivity index (χ1) is 12.6. The number of hydrogen-bond donors (Lipinski definition) is 1. The fourth-order valence-corrected chi connectivity index (χ4v) is 2.95. The highest BCUT2D eigenvalue weighted by Crippen LogP contribution is 2.32. The number of nitrogens with zero attached hydrogens (tertiary/aromatic N) is 3. The number of carbonyl (C=O) groups excluding carboxylic acids is 1. The molecule has 8 heteroatoms. The zero-order chi connectivity index (χ0) is 18.1. The summed E-state index contributed by atoms with van der Waals surface area (Å²) in [5, 5.41) is 11.0. The Kier molecular flexibility index (Phi) is 4.34. The van der Waals surface area contributed by atoms with Gasteiger partial charge < -0.3 is 14.8 Å². The third-order valence-electron chi connectivity index (χ3n) is 4.07. The van der Waals surface area contributed by atoms with Crippen molar-refractivity contribution < 1.29 is 14.3 Å². The number of nitrogens with one attached hydrogen (secondary N) is 1. The van der Waals surface area contributed by atoms with Crippen molar-refractivity contribution in [1.82, 2.24) is 20.3 Å². The molecule has 0 bridgehead atoms. The quantitative estimate of drug-likeness (QED) is 0.709. The van der Waals surface area contributed by atoms with Gasteiger partial charge >= 0.3 is 0 Å². The van der Waals surface area contributed by atoms with Crippen molar-refractivity contribution in [2.75, 3.05) is 6.79 Å². The average molecular weight is 415 g/mol. The van der Waals surface area contributed by atoms with Gasteiger partial charge in [0, 0.05) is 11.0 Å². The minimum atomic E-state index is -0.275. The first kappa shape index (κ1) is 16.6. The molecule has 0 unspecified atom stereocenters. The molecule has 1 N–H and O–H groups in total. The number of halogens is 1. The molecule has 2 heterocycles. The van der Waals surface area contributed by atoms with Crippen LogP contribution in [0.2, 0.25) is 0 Å². The molecular formula is C18H15BrN4O3. The van der Waals surface area contributed by atoms with Crippen LogP contribution in [0, 0.1) is 6.92 Å². The molecule has 7 nitrogen and oxygen atoms in total. The van der Waals surface area contributed by atoms with Crippen LogP contribution in [-0.2, 0) is 6.54 Å². The Morgan fingerprint density at radius 3 is 2.77 bits per heavy atom. The molecule has 0 aliphatic carbocycles. The molecule has 3 aromatic rings. The standard InChI is InChI=1S/C18H15BrN4O3/c1-11-17(21-22-23(11)14-5-3-13(19)4-6-14)18(24)20-9-12-2-7-15-16(8-12)26-10-25-15/h2-8H,9-10H2,1H3,(H,20,24). The Morgan fingerprint density at radius 2 is 1.96 bits per heavy atom. The normalized spacial score (nSPS) is 12.2. The molecule has 0 fully saturated rings. The van der Waals surface area contributed by atoms with Gasteiger partial charge in [0.25, 0.3) is 5.91 Å². The predicted octanol–water partition coefficient (Wildman–Crippen LogP) is 3.00. The second-order valence-electron chi connectivity index (χ2n) is 5.78. The summed E-state index contributed by atoms with van der Waals surface area (Å²) in [4.78, 5) is 12.5. The highest BCUT2D eigenvalue weighted by molar-refractivity contribution is 9.10. The van der Waals surface area contributed by atoms with Crippen molar-refractivity contribution in [2.45, 2.75) is 13.5 Å². The van der Waals surface area contributed by atoms with Crippen molar-refractivity contribution >= 4 is 21.8 Å². The molecule has 0 atom stereocenters. The van der Waals surface area contributed by atoms with Gasteiger partial charge in [0.15, 0.2) is 17.2 Å². The second-order valence-corrected chi connectivity index (χ2v) is 6.70. The lowest BCUT2D eigenvalue weighted by molar-refractivity contribution is 0.0945. The van der Waals surface area contributed by atoms with E-state index in [1.807, 2.05) is 49.4 Å². The van der Waals surface area contributed by atoms with E-state index in [1.54, 1.807) is 4.68 Å². The molecule has 26 heavy (non-hydrogen) atoms. The van der Waals surface area contributed by atoms with E-state index in [9.17, 15) is 4.79 Å². The summed E-state index contributed by atoms with van der Waals surface area (Å²) in [7, 11) is 0. The molecular weight excluding hydrogens is 400 g/mol. The predicted molar refractivity (Wildman–Crippen MR) is 97.5 cm³/mol. The fraction of sp³-hybridized carbons (Fsp3) is 0.167. The molecule has 4 rings (SSSR count). The van der Waals surface area contributed by atoms with Gasteiger partial charge in [-0.25, -0.2) is 4.68 Å². The number of fused-ring (bicyclic) bond motifs is 1. The Balaban J connectivity index is 1.47. The molecule has 0 saturated heterocycles. The molecule has 1 aromatic heterocycles.